The number of ether oxygens (including phenoxy) is 2. The van der Waals surface area contributed by atoms with Crippen LogP contribution in [0.25, 0.3) is 0 Å². The Morgan fingerprint density at radius 1 is 1.07 bits per heavy atom. The molecule has 6 nitrogen and oxygen atoms in total. The summed E-state index contributed by atoms with van der Waals surface area (Å²) in [6.07, 6.45) is 0.665. The van der Waals surface area contributed by atoms with Crippen molar-refractivity contribution in [1.29, 1.82) is 0 Å². The molecule has 0 saturated carbocycles. The number of halogens is 1. The van der Waals surface area contributed by atoms with Crippen molar-refractivity contribution in [3.8, 4) is 5.75 Å². The number of carbonyl (C=O) groups is 2. The van der Waals surface area contributed by atoms with E-state index in [0.717, 1.165) is 5.56 Å². The Labute approximate surface area is 186 Å². The number of hydrogen-bond acceptors (Lipinski definition) is 5. The van der Waals surface area contributed by atoms with Crippen LogP contribution < -0.4 is 15.4 Å². The summed E-state index contributed by atoms with van der Waals surface area (Å²) in [6.45, 7) is 4.47. The van der Waals surface area contributed by atoms with Gasteiger partial charge in [0, 0.05) is 23.7 Å². The van der Waals surface area contributed by atoms with Gasteiger partial charge in [-0.1, -0.05) is 36.0 Å². The fraction of sp³-hybridized carbons (Fsp3) is 0.318. The van der Waals surface area contributed by atoms with Crippen molar-refractivity contribution in [1.82, 2.24) is 10.6 Å². The molecule has 0 saturated heterocycles. The molecule has 2 aromatic rings. The summed E-state index contributed by atoms with van der Waals surface area (Å²) < 4.78 is 11.0. The lowest BCUT2D eigenvalue weighted by molar-refractivity contribution is -0.159. The molecule has 0 spiro atoms. The summed E-state index contributed by atoms with van der Waals surface area (Å²) in [5.41, 5.74) is 1.85. The summed E-state index contributed by atoms with van der Waals surface area (Å²) in [7, 11) is 0. The van der Waals surface area contributed by atoms with Crippen LogP contribution in [0.3, 0.4) is 0 Å². The Hall–Kier alpha value is -2.64. The molecular weight excluding hydrogens is 424 g/mol. The van der Waals surface area contributed by atoms with Crippen LogP contribution >= 0.6 is 23.8 Å². The standard InChI is InChI=1S/C22H25ClN2O4S/c1-22(2,21(27)28-14-13-24-15-30)29-19-9-3-16(4-10-19)11-12-25-20(26)17-5-7-18(23)8-6-17/h3-10,15H,11-14H2,1-2H3,(H,24,30)(H,25,26). The molecule has 0 radical (unpaired) electrons. The van der Waals surface area contributed by atoms with E-state index < -0.39 is 11.6 Å². The summed E-state index contributed by atoms with van der Waals surface area (Å²) in [6, 6.07) is 14.1. The van der Waals surface area contributed by atoms with E-state index in [1.165, 1.54) is 5.49 Å². The van der Waals surface area contributed by atoms with Crippen LogP contribution in [0.5, 0.6) is 5.75 Å². The van der Waals surface area contributed by atoms with Crippen molar-refractivity contribution in [2.45, 2.75) is 25.9 Å². The van der Waals surface area contributed by atoms with Crippen LogP contribution in [-0.2, 0) is 16.0 Å². The predicted molar refractivity (Wildman–Crippen MR) is 121 cm³/mol. The Morgan fingerprint density at radius 2 is 1.73 bits per heavy atom. The average Bonchev–Trinajstić information content (AvgIpc) is 2.72. The molecule has 2 rings (SSSR count). The fourth-order valence-electron chi connectivity index (χ4n) is 2.52. The van der Waals surface area contributed by atoms with E-state index in [4.69, 9.17) is 21.1 Å². The van der Waals surface area contributed by atoms with Gasteiger partial charge in [0.25, 0.3) is 5.91 Å². The summed E-state index contributed by atoms with van der Waals surface area (Å²) in [5, 5.41) is 6.25. The van der Waals surface area contributed by atoms with Crippen LogP contribution in [-0.4, -0.2) is 42.7 Å². The van der Waals surface area contributed by atoms with Gasteiger partial charge in [-0.25, -0.2) is 4.79 Å². The van der Waals surface area contributed by atoms with Gasteiger partial charge in [-0.3, -0.25) is 4.79 Å². The van der Waals surface area contributed by atoms with E-state index in [0.29, 0.717) is 35.8 Å². The molecule has 2 N–H and O–H groups in total. The number of rotatable bonds is 11. The third kappa shape index (κ3) is 7.65. The highest BCUT2D eigenvalue weighted by Crippen LogP contribution is 2.20. The molecule has 0 fully saturated rings. The quantitative estimate of drug-likeness (QED) is 0.311. The molecule has 30 heavy (non-hydrogen) atoms. The van der Waals surface area contributed by atoms with Crippen LogP contribution in [0, 0.1) is 0 Å². The molecule has 0 aliphatic heterocycles. The molecule has 0 heterocycles. The van der Waals surface area contributed by atoms with Crippen molar-refractivity contribution in [2.24, 2.45) is 0 Å². The lowest BCUT2D eigenvalue weighted by Crippen LogP contribution is -2.40. The van der Waals surface area contributed by atoms with Crippen molar-refractivity contribution in [3.63, 3.8) is 0 Å². The fourth-order valence-corrected chi connectivity index (χ4v) is 2.76. The van der Waals surface area contributed by atoms with E-state index in [2.05, 4.69) is 22.9 Å². The van der Waals surface area contributed by atoms with Crippen molar-refractivity contribution in [3.05, 3.63) is 64.7 Å². The van der Waals surface area contributed by atoms with Gasteiger partial charge in [-0.2, -0.15) is 0 Å². The zero-order chi connectivity index (χ0) is 22.0. The number of esters is 1. The Bertz CT molecular complexity index is 854. The number of carbonyl (C=O) groups excluding carboxylic acids is 2. The second-order valence-electron chi connectivity index (χ2n) is 6.98. The third-order valence-corrected chi connectivity index (χ3v) is 4.58. The van der Waals surface area contributed by atoms with Gasteiger partial charge in [-0.05, 0) is 62.2 Å². The van der Waals surface area contributed by atoms with E-state index in [1.54, 1.807) is 50.2 Å². The Kier molecular flexibility index (Phi) is 9.08. The second-order valence-corrected chi connectivity index (χ2v) is 7.65. The number of amides is 1. The van der Waals surface area contributed by atoms with Gasteiger partial charge < -0.3 is 20.1 Å². The van der Waals surface area contributed by atoms with E-state index in [-0.39, 0.29) is 12.5 Å². The summed E-state index contributed by atoms with van der Waals surface area (Å²) in [4.78, 5) is 24.3. The van der Waals surface area contributed by atoms with Gasteiger partial charge in [-0.15, -0.1) is 0 Å². The molecule has 0 aromatic heterocycles. The molecule has 2 aromatic carbocycles. The van der Waals surface area contributed by atoms with Gasteiger partial charge in [0.2, 0.25) is 0 Å². The first-order valence-electron chi connectivity index (χ1n) is 9.48. The highest BCUT2D eigenvalue weighted by molar-refractivity contribution is 7.78. The first kappa shape index (κ1) is 23.6. The minimum Gasteiger partial charge on any atom is -0.476 e. The van der Waals surface area contributed by atoms with Crippen LogP contribution in [0.1, 0.15) is 29.8 Å². The van der Waals surface area contributed by atoms with Crippen LogP contribution in [0.2, 0.25) is 5.02 Å². The molecule has 0 aliphatic rings. The highest BCUT2D eigenvalue weighted by atomic mass is 35.5. The Balaban J connectivity index is 1.79. The second kappa shape index (κ2) is 11.5. The molecule has 8 heteroatoms. The SMILES string of the molecule is CC(C)(Oc1ccc(CCNC(=O)c2ccc(Cl)cc2)cc1)C(=O)OCCNC=S. The summed E-state index contributed by atoms with van der Waals surface area (Å²) in [5.74, 6) is -0.0433. The first-order valence-corrected chi connectivity index (χ1v) is 10.3. The number of benzene rings is 2. The van der Waals surface area contributed by atoms with E-state index in [1.807, 2.05) is 12.1 Å². The molecular formula is C22H25ClN2O4S. The maximum absolute atomic E-state index is 12.2. The summed E-state index contributed by atoms with van der Waals surface area (Å²) >= 11 is 10.5. The number of nitrogens with one attached hydrogen (secondary N) is 2. The topological polar surface area (TPSA) is 76.7 Å². The monoisotopic (exact) mass is 448 g/mol. The normalized spacial score (nSPS) is 10.8. The lowest BCUT2D eigenvalue weighted by atomic mass is 10.1. The molecule has 160 valence electrons. The number of thiocarbonyl (C=S) groups is 1. The maximum atomic E-state index is 12.2. The highest BCUT2D eigenvalue weighted by Gasteiger charge is 2.31. The van der Waals surface area contributed by atoms with Gasteiger partial charge in [0.1, 0.15) is 12.4 Å². The van der Waals surface area contributed by atoms with Gasteiger partial charge >= 0.3 is 5.97 Å². The minimum atomic E-state index is -1.12. The zero-order valence-corrected chi connectivity index (χ0v) is 18.5. The van der Waals surface area contributed by atoms with Crippen molar-refractivity contribution >= 4 is 41.2 Å². The van der Waals surface area contributed by atoms with Crippen LogP contribution in [0.15, 0.2) is 48.5 Å². The maximum Gasteiger partial charge on any atom is 0.349 e. The minimum absolute atomic E-state index is 0.146. The van der Waals surface area contributed by atoms with Gasteiger partial charge in [0.15, 0.2) is 5.60 Å². The van der Waals surface area contributed by atoms with Crippen molar-refractivity contribution in [2.75, 3.05) is 19.7 Å². The zero-order valence-electron chi connectivity index (χ0n) is 16.9. The largest absolute Gasteiger partial charge is 0.476 e. The molecule has 0 bridgehead atoms. The molecule has 0 unspecified atom stereocenters. The van der Waals surface area contributed by atoms with Gasteiger partial charge in [0.05, 0.1) is 5.49 Å². The first-order chi connectivity index (χ1) is 14.3. The van der Waals surface area contributed by atoms with Crippen molar-refractivity contribution < 1.29 is 19.1 Å². The third-order valence-electron chi connectivity index (χ3n) is 4.16. The molecule has 0 aliphatic carbocycles. The van der Waals surface area contributed by atoms with E-state index in [9.17, 15) is 9.59 Å². The van der Waals surface area contributed by atoms with E-state index >= 15 is 0 Å². The molecule has 1 amide bonds. The Morgan fingerprint density at radius 3 is 2.37 bits per heavy atom. The van der Waals surface area contributed by atoms with Crippen LogP contribution in [0.4, 0.5) is 0 Å². The lowest BCUT2D eigenvalue weighted by Gasteiger charge is -2.24. The molecule has 0 atom stereocenters. The smallest absolute Gasteiger partial charge is 0.349 e. The number of hydrogen-bond donors (Lipinski definition) is 2. The average molecular weight is 449 g/mol. The predicted octanol–water partition coefficient (Wildman–Crippen LogP) is 3.56.